The molecule has 2 heterocycles. The van der Waals surface area contributed by atoms with Gasteiger partial charge in [-0.25, -0.2) is 9.37 Å². The lowest BCUT2D eigenvalue weighted by atomic mass is 10.1. The van der Waals surface area contributed by atoms with Crippen LogP contribution in [-0.4, -0.2) is 28.9 Å². The molecule has 2 aromatic carbocycles. The summed E-state index contributed by atoms with van der Waals surface area (Å²) >= 11 is 6.22. The van der Waals surface area contributed by atoms with Crippen LogP contribution in [0.2, 0.25) is 5.02 Å². The molecule has 1 saturated heterocycles. The highest BCUT2D eigenvalue weighted by Gasteiger charge is 2.33. The molecule has 1 aliphatic rings. The fourth-order valence-electron chi connectivity index (χ4n) is 3.49. The molecule has 0 aliphatic carbocycles. The SMILES string of the molecule is O=C(COc1cccc(F)c1)N1CCC[C@H]1c1ncc(Cc2ccccc2Cl)o1. The number of benzene rings is 2. The van der Waals surface area contributed by atoms with Gasteiger partial charge in [-0.2, -0.15) is 0 Å². The van der Waals surface area contributed by atoms with Crippen molar-refractivity contribution in [1.29, 1.82) is 0 Å². The first-order valence-electron chi connectivity index (χ1n) is 9.46. The minimum Gasteiger partial charge on any atom is -0.484 e. The highest BCUT2D eigenvalue weighted by Crippen LogP contribution is 2.32. The molecule has 29 heavy (non-hydrogen) atoms. The summed E-state index contributed by atoms with van der Waals surface area (Å²) in [4.78, 5) is 18.8. The van der Waals surface area contributed by atoms with Crippen molar-refractivity contribution in [1.82, 2.24) is 9.88 Å². The molecule has 1 aliphatic heterocycles. The van der Waals surface area contributed by atoms with Crippen molar-refractivity contribution in [3.8, 4) is 5.75 Å². The number of amides is 1. The van der Waals surface area contributed by atoms with Gasteiger partial charge in [0.05, 0.1) is 6.20 Å². The summed E-state index contributed by atoms with van der Waals surface area (Å²) in [5, 5.41) is 0.678. The smallest absolute Gasteiger partial charge is 0.261 e. The summed E-state index contributed by atoms with van der Waals surface area (Å²) in [7, 11) is 0. The standard InChI is InChI=1S/C22H20ClFN2O3/c23-19-8-2-1-5-15(19)11-18-13-25-22(29-18)20-9-4-10-26(20)21(27)14-28-17-7-3-6-16(24)12-17/h1-3,5-8,12-13,20H,4,9-11,14H2/t20-/m0/s1. The quantitative estimate of drug-likeness (QED) is 0.581. The summed E-state index contributed by atoms with van der Waals surface area (Å²) in [5.74, 6) is 0.960. The maximum atomic E-state index is 13.3. The van der Waals surface area contributed by atoms with Crippen LogP contribution in [0.15, 0.2) is 59.1 Å². The molecular formula is C22H20ClFN2O3. The highest BCUT2D eigenvalue weighted by molar-refractivity contribution is 6.31. The average molecular weight is 415 g/mol. The molecule has 0 unspecified atom stereocenters. The number of aromatic nitrogens is 1. The Bertz CT molecular complexity index is 1010. The van der Waals surface area contributed by atoms with Gasteiger partial charge in [-0.1, -0.05) is 35.9 Å². The van der Waals surface area contributed by atoms with Crippen LogP contribution >= 0.6 is 11.6 Å². The van der Waals surface area contributed by atoms with Crippen molar-refractivity contribution in [3.05, 3.63) is 82.8 Å². The molecule has 1 aromatic heterocycles. The van der Waals surface area contributed by atoms with Gasteiger partial charge in [0.1, 0.15) is 23.4 Å². The van der Waals surface area contributed by atoms with Crippen LogP contribution in [-0.2, 0) is 11.2 Å². The summed E-state index contributed by atoms with van der Waals surface area (Å²) < 4.78 is 24.6. The van der Waals surface area contributed by atoms with Gasteiger partial charge in [-0.15, -0.1) is 0 Å². The predicted molar refractivity (Wildman–Crippen MR) is 106 cm³/mol. The van der Waals surface area contributed by atoms with E-state index in [1.165, 1.54) is 12.1 Å². The normalized spacial score (nSPS) is 16.2. The molecule has 7 heteroatoms. The molecule has 1 atom stereocenters. The maximum Gasteiger partial charge on any atom is 0.261 e. The van der Waals surface area contributed by atoms with E-state index in [-0.39, 0.29) is 18.6 Å². The fraction of sp³-hybridized carbons (Fsp3) is 0.273. The van der Waals surface area contributed by atoms with E-state index in [2.05, 4.69) is 4.98 Å². The van der Waals surface area contributed by atoms with Crippen molar-refractivity contribution in [3.63, 3.8) is 0 Å². The van der Waals surface area contributed by atoms with Crippen LogP contribution in [0.4, 0.5) is 4.39 Å². The minimum atomic E-state index is -0.403. The van der Waals surface area contributed by atoms with E-state index in [1.54, 1.807) is 23.2 Å². The van der Waals surface area contributed by atoms with Gasteiger partial charge in [0, 0.05) is 24.1 Å². The largest absolute Gasteiger partial charge is 0.484 e. The summed E-state index contributed by atoms with van der Waals surface area (Å²) in [6, 6.07) is 13.1. The molecule has 0 N–H and O–H groups in total. The van der Waals surface area contributed by atoms with Gasteiger partial charge in [0.25, 0.3) is 5.91 Å². The lowest BCUT2D eigenvalue weighted by molar-refractivity contribution is -0.134. The zero-order valence-corrected chi connectivity index (χ0v) is 16.4. The van der Waals surface area contributed by atoms with E-state index >= 15 is 0 Å². The monoisotopic (exact) mass is 414 g/mol. The molecule has 0 bridgehead atoms. The number of nitrogens with zero attached hydrogens (tertiary/aromatic N) is 2. The zero-order valence-electron chi connectivity index (χ0n) is 15.7. The van der Waals surface area contributed by atoms with Crippen LogP contribution in [0.3, 0.4) is 0 Å². The summed E-state index contributed by atoms with van der Waals surface area (Å²) in [6.07, 6.45) is 3.86. The second kappa shape index (κ2) is 8.66. The van der Waals surface area contributed by atoms with Crippen molar-refractivity contribution in [2.75, 3.05) is 13.2 Å². The number of halogens is 2. The van der Waals surface area contributed by atoms with Gasteiger partial charge in [-0.05, 0) is 36.6 Å². The lowest BCUT2D eigenvalue weighted by Gasteiger charge is -2.22. The molecule has 1 fully saturated rings. The van der Waals surface area contributed by atoms with Gasteiger partial charge >= 0.3 is 0 Å². The summed E-state index contributed by atoms with van der Waals surface area (Å²) in [5.41, 5.74) is 0.958. The van der Waals surface area contributed by atoms with Gasteiger partial charge in [0.15, 0.2) is 6.61 Å². The Morgan fingerprint density at radius 2 is 2.14 bits per heavy atom. The first kappa shape index (κ1) is 19.5. The van der Waals surface area contributed by atoms with Crippen molar-refractivity contribution in [2.45, 2.75) is 25.3 Å². The Balaban J connectivity index is 1.41. The van der Waals surface area contributed by atoms with Crippen molar-refractivity contribution < 1.29 is 18.3 Å². The van der Waals surface area contributed by atoms with Crippen LogP contribution in [0, 0.1) is 5.82 Å². The number of hydrogen-bond donors (Lipinski definition) is 0. The van der Waals surface area contributed by atoms with Crippen LogP contribution < -0.4 is 4.74 Å². The number of hydrogen-bond acceptors (Lipinski definition) is 4. The Morgan fingerprint density at radius 1 is 1.28 bits per heavy atom. The van der Waals surface area contributed by atoms with Crippen molar-refractivity contribution >= 4 is 17.5 Å². The topological polar surface area (TPSA) is 55.6 Å². The molecular weight excluding hydrogens is 395 g/mol. The number of likely N-dealkylation sites (tertiary alicyclic amines) is 1. The van der Waals surface area contributed by atoms with E-state index in [1.807, 2.05) is 24.3 Å². The lowest BCUT2D eigenvalue weighted by Crippen LogP contribution is -2.34. The second-order valence-electron chi connectivity index (χ2n) is 6.92. The minimum absolute atomic E-state index is 0.160. The number of carbonyl (C=O) groups excluding carboxylic acids is 1. The molecule has 0 radical (unpaired) electrons. The van der Waals surface area contributed by atoms with Crippen molar-refractivity contribution in [2.24, 2.45) is 0 Å². The Labute approximate surface area is 173 Å². The van der Waals surface area contributed by atoms with E-state index in [9.17, 15) is 9.18 Å². The molecule has 0 spiro atoms. The highest BCUT2D eigenvalue weighted by atomic mass is 35.5. The summed E-state index contributed by atoms with van der Waals surface area (Å²) in [6.45, 7) is 0.450. The van der Waals surface area contributed by atoms with Crippen LogP contribution in [0.5, 0.6) is 5.75 Å². The first-order chi connectivity index (χ1) is 14.1. The zero-order chi connectivity index (χ0) is 20.2. The molecule has 0 saturated carbocycles. The van der Waals surface area contributed by atoms with E-state index in [4.69, 9.17) is 20.8 Å². The number of oxazole rings is 1. The van der Waals surface area contributed by atoms with Gasteiger partial charge in [0.2, 0.25) is 5.89 Å². The Morgan fingerprint density at radius 3 is 2.97 bits per heavy atom. The molecule has 4 rings (SSSR count). The number of rotatable bonds is 6. The fourth-order valence-corrected chi connectivity index (χ4v) is 3.70. The van der Waals surface area contributed by atoms with E-state index in [0.29, 0.717) is 35.4 Å². The molecule has 1 amide bonds. The third-order valence-electron chi connectivity index (χ3n) is 4.91. The molecule has 3 aromatic rings. The van der Waals surface area contributed by atoms with E-state index in [0.717, 1.165) is 18.4 Å². The number of ether oxygens (including phenoxy) is 1. The second-order valence-corrected chi connectivity index (χ2v) is 7.33. The predicted octanol–water partition coefficient (Wildman–Crippen LogP) is 4.80. The van der Waals surface area contributed by atoms with Crippen LogP contribution in [0.1, 0.15) is 36.1 Å². The first-order valence-corrected chi connectivity index (χ1v) is 9.84. The maximum absolute atomic E-state index is 13.3. The third kappa shape index (κ3) is 4.59. The number of carbonyl (C=O) groups is 1. The molecule has 5 nitrogen and oxygen atoms in total. The van der Waals surface area contributed by atoms with Gasteiger partial charge < -0.3 is 14.1 Å². The average Bonchev–Trinajstić information content (AvgIpc) is 3.37. The Hall–Kier alpha value is -2.86. The molecule has 150 valence electrons. The van der Waals surface area contributed by atoms with Gasteiger partial charge in [-0.3, -0.25) is 4.79 Å². The Kier molecular flexibility index (Phi) is 5.81. The van der Waals surface area contributed by atoms with E-state index < -0.39 is 5.82 Å². The van der Waals surface area contributed by atoms with Crippen LogP contribution in [0.25, 0.3) is 0 Å². The third-order valence-corrected chi connectivity index (χ3v) is 5.28.